The van der Waals surface area contributed by atoms with Gasteiger partial charge in [-0.05, 0) is 12.1 Å². The van der Waals surface area contributed by atoms with Gasteiger partial charge in [0, 0.05) is 11.6 Å². The van der Waals surface area contributed by atoms with Gasteiger partial charge in [0.05, 0.1) is 28.4 Å². The van der Waals surface area contributed by atoms with Crippen LogP contribution in [0.1, 0.15) is 10.5 Å². The monoisotopic (exact) mass is 341 g/mol. The molecule has 0 bridgehead atoms. The maximum absolute atomic E-state index is 11.6. The molecule has 114 valence electrons. The van der Waals surface area contributed by atoms with Crippen molar-refractivity contribution < 1.29 is 14.5 Å². The van der Waals surface area contributed by atoms with E-state index >= 15 is 0 Å². The largest absolute Gasteiger partial charge is 0.464 e. The molecule has 9 heteroatoms. The Morgan fingerprint density at radius 2 is 2.05 bits per heavy atom. The van der Waals surface area contributed by atoms with Gasteiger partial charge >= 0.3 is 5.97 Å². The lowest BCUT2D eigenvalue weighted by atomic mass is 10.1. The number of benzene rings is 1. The Balaban J connectivity index is 2.63. The summed E-state index contributed by atoms with van der Waals surface area (Å²) in [5, 5.41) is 10.9. The first-order chi connectivity index (χ1) is 10.3. The molecule has 2 aromatic rings. The summed E-state index contributed by atoms with van der Waals surface area (Å²) in [4.78, 5) is 26.0. The fourth-order valence-corrected chi connectivity index (χ4v) is 2.10. The van der Waals surface area contributed by atoms with Crippen LogP contribution < -0.4 is 5.73 Å². The molecule has 7 nitrogen and oxygen atoms in total. The second-order valence-electron chi connectivity index (χ2n) is 4.17. The molecule has 1 aromatic carbocycles. The topological polar surface area (TPSA) is 108 Å². The lowest BCUT2D eigenvalue weighted by molar-refractivity contribution is -0.384. The molecule has 2 N–H and O–H groups in total. The zero-order valence-electron chi connectivity index (χ0n) is 11.2. The van der Waals surface area contributed by atoms with E-state index in [4.69, 9.17) is 28.9 Å². The van der Waals surface area contributed by atoms with E-state index in [1.807, 2.05) is 0 Å². The average molecular weight is 342 g/mol. The van der Waals surface area contributed by atoms with E-state index in [2.05, 4.69) is 9.72 Å². The summed E-state index contributed by atoms with van der Waals surface area (Å²) in [7, 11) is 1.18. The number of esters is 1. The number of nitro groups is 1. The van der Waals surface area contributed by atoms with Gasteiger partial charge in [-0.25, -0.2) is 9.78 Å². The van der Waals surface area contributed by atoms with Crippen LogP contribution in [-0.4, -0.2) is 23.0 Å². The number of anilines is 1. The van der Waals surface area contributed by atoms with E-state index in [-0.39, 0.29) is 32.8 Å². The van der Waals surface area contributed by atoms with Crippen molar-refractivity contribution in [3.63, 3.8) is 0 Å². The first-order valence-electron chi connectivity index (χ1n) is 5.83. The molecule has 0 spiro atoms. The molecule has 0 amide bonds. The summed E-state index contributed by atoms with van der Waals surface area (Å²) in [5.74, 6) is -0.762. The van der Waals surface area contributed by atoms with Crippen molar-refractivity contribution in [1.29, 1.82) is 0 Å². The van der Waals surface area contributed by atoms with Crippen molar-refractivity contribution in [3.05, 3.63) is 50.1 Å². The molecule has 2 rings (SSSR count). The molecule has 0 radical (unpaired) electrons. The van der Waals surface area contributed by atoms with Gasteiger partial charge in [0.25, 0.3) is 5.69 Å². The van der Waals surface area contributed by atoms with Gasteiger partial charge in [-0.2, -0.15) is 0 Å². The number of pyridine rings is 1. The highest BCUT2D eigenvalue weighted by Crippen LogP contribution is 2.32. The second kappa shape index (κ2) is 6.17. The summed E-state index contributed by atoms with van der Waals surface area (Å²) in [6.45, 7) is 0. The van der Waals surface area contributed by atoms with E-state index in [0.717, 1.165) is 0 Å². The van der Waals surface area contributed by atoms with E-state index in [1.165, 1.54) is 31.4 Å². The molecule has 0 aliphatic carbocycles. The Hall–Kier alpha value is -2.38. The average Bonchev–Trinajstić information content (AvgIpc) is 2.49. The predicted octanol–water partition coefficient (Wildman–Crippen LogP) is 3.33. The van der Waals surface area contributed by atoms with Gasteiger partial charge in [0.15, 0.2) is 5.69 Å². The number of rotatable bonds is 3. The molecule has 1 heterocycles. The first-order valence-corrected chi connectivity index (χ1v) is 6.59. The maximum Gasteiger partial charge on any atom is 0.358 e. The van der Waals surface area contributed by atoms with Crippen LogP contribution in [0.3, 0.4) is 0 Å². The lowest BCUT2D eigenvalue weighted by Gasteiger charge is -2.08. The van der Waals surface area contributed by atoms with E-state index in [0.29, 0.717) is 5.56 Å². The van der Waals surface area contributed by atoms with Crippen LogP contribution in [0.4, 0.5) is 11.4 Å². The number of ether oxygens (including phenoxy) is 1. The number of hydrogen-bond donors (Lipinski definition) is 1. The van der Waals surface area contributed by atoms with Crippen LogP contribution in [0.25, 0.3) is 11.3 Å². The van der Waals surface area contributed by atoms with Crippen LogP contribution in [0.5, 0.6) is 0 Å². The number of carbonyl (C=O) groups is 1. The minimum atomic E-state index is -0.762. The van der Waals surface area contributed by atoms with Crippen molar-refractivity contribution in [3.8, 4) is 11.3 Å². The Morgan fingerprint density at radius 1 is 1.36 bits per heavy atom. The lowest BCUT2D eigenvalue weighted by Crippen LogP contribution is -2.08. The number of halogens is 2. The van der Waals surface area contributed by atoms with Gasteiger partial charge in [-0.3, -0.25) is 10.1 Å². The summed E-state index contributed by atoms with van der Waals surface area (Å²) >= 11 is 11.7. The molecule has 0 aliphatic heterocycles. The summed E-state index contributed by atoms with van der Waals surface area (Å²) < 4.78 is 4.57. The van der Waals surface area contributed by atoms with Gasteiger partial charge in [-0.15, -0.1) is 0 Å². The smallest absolute Gasteiger partial charge is 0.358 e. The number of carbonyl (C=O) groups excluding carboxylic acids is 1. The molecular formula is C13H9Cl2N3O4. The molecule has 0 saturated carbocycles. The van der Waals surface area contributed by atoms with Crippen molar-refractivity contribution in [2.24, 2.45) is 0 Å². The minimum Gasteiger partial charge on any atom is -0.464 e. The van der Waals surface area contributed by atoms with Crippen LogP contribution in [0.2, 0.25) is 10.0 Å². The maximum atomic E-state index is 11.6. The zero-order valence-corrected chi connectivity index (χ0v) is 12.7. The highest BCUT2D eigenvalue weighted by Gasteiger charge is 2.19. The molecule has 0 aliphatic rings. The Morgan fingerprint density at radius 3 is 2.64 bits per heavy atom. The predicted molar refractivity (Wildman–Crippen MR) is 82.1 cm³/mol. The van der Waals surface area contributed by atoms with Crippen molar-refractivity contribution in [2.75, 3.05) is 12.8 Å². The molecule has 22 heavy (non-hydrogen) atoms. The zero-order chi connectivity index (χ0) is 16.4. The van der Waals surface area contributed by atoms with Crippen LogP contribution in [0.15, 0.2) is 24.3 Å². The summed E-state index contributed by atoms with van der Waals surface area (Å²) in [6, 6.07) is 5.52. The SMILES string of the molecule is COC(=O)c1nc(-c2ccc(Cl)c([N+](=O)[O-])c2)cc(N)c1Cl. The standard InChI is InChI=1S/C13H9Cl2N3O4/c1-22-13(19)12-11(15)8(16)5-9(17-12)6-2-3-7(14)10(4-6)18(20)21/h2-5H,1H3,(H2,16,17). The number of aromatic nitrogens is 1. The fourth-order valence-electron chi connectivity index (χ4n) is 1.74. The van der Waals surface area contributed by atoms with Crippen molar-refractivity contribution in [2.45, 2.75) is 0 Å². The Kier molecular flexibility index (Phi) is 4.48. The Labute approximate surface area is 134 Å². The highest BCUT2D eigenvalue weighted by molar-refractivity contribution is 6.35. The van der Waals surface area contributed by atoms with E-state index < -0.39 is 10.9 Å². The summed E-state index contributed by atoms with van der Waals surface area (Å²) in [6.07, 6.45) is 0. The number of hydrogen-bond acceptors (Lipinski definition) is 6. The number of methoxy groups -OCH3 is 1. The summed E-state index contributed by atoms with van der Waals surface area (Å²) in [5.41, 5.74) is 5.99. The number of nitro benzene ring substituents is 1. The quantitative estimate of drug-likeness (QED) is 0.521. The van der Waals surface area contributed by atoms with Gasteiger partial charge in [0.1, 0.15) is 5.02 Å². The molecule has 0 unspecified atom stereocenters. The molecule has 0 fully saturated rings. The highest BCUT2D eigenvalue weighted by atomic mass is 35.5. The normalized spacial score (nSPS) is 10.3. The second-order valence-corrected chi connectivity index (χ2v) is 4.96. The molecule has 1 aromatic heterocycles. The van der Waals surface area contributed by atoms with Crippen LogP contribution in [0, 0.1) is 10.1 Å². The number of nitrogen functional groups attached to an aromatic ring is 1. The van der Waals surface area contributed by atoms with Gasteiger partial charge in [-0.1, -0.05) is 29.3 Å². The van der Waals surface area contributed by atoms with E-state index in [9.17, 15) is 14.9 Å². The van der Waals surface area contributed by atoms with E-state index in [1.54, 1.807) is 0 Å². The minimum absolute atomic E-state index is 0.0103. The number of nitrogens with zero attached hydrogens (tertiary/aromatic N) is 2. The number of nitrogens with two attached hydrogens (primary N) is 1. The van der Waals surface area contributed by atoms with Gasteiger partial charge < -0.3 is 10.5 Å². The third-order valence-electron chi connectivity index (χ3n) is 2.80. The van der Waals surface area contributed by atoms with Crippen molar-refractivity contribution >= 4 is 40.5 Å². The fraction of sp³-hybridized carbons (Fsp3) is 0.0769. The molecular weight excluding hydrogens is 333 g/mol. The molecule has 0 saturated heterocycles. The third kappa shape index (κ3) is 2.95. The Bertz CT molecular complexity index is 780. The molecule has 0 atom stereocenters. The van der Waals surface area contributed by atoms with Crippen LogP contribution >= 0.6 is 23.2 Å². The van der Waals surface area contributed by atoms with Crippen molar-refractivity contribution in [1.82, 2.24) is 4.98 Å². The third-order valence-corrected chi connectivity index (χ3v) is 3.52. The van der Waals surface area contributed by atoms with Crippen LogP contribution in [-0.2, 0) is 4.74 Å². The first kappa shape index (κ1) is 16.0. The van der Waals surface area contributed by atoms with Gasteiger partial charge in [0.2, 0.25) is 0 Å².